The molecule has 1 aromatic rings. The summed E-state index contributed by atoms with van der Waals surface area (Å²) in [5, 5.41) is 13.4. The van der Waals surface area contributed by atoms with Crippen molar-refractivity contribution in [2.24, 2.45) is 34.0 Å². The van der Waals surface area contributed by atoms with E-state index < -0.39 is 58.5 Å². The Hall–Kier alpha value is -3.54. The fourth-order valence-corrected chi connectivity index (χ4v) is 9.26. The molecule has 1 saturated heterocycles. The van der Waals surface area contributed by atoms with Gasteiger partial charge in [-0.1, -0.05) is 92.2 Å². The number of ketones is 1. The third-order valence-electron chi connectivity index (χ3n) is 12.2. The summed E-state index contributed by atoms with van der Waals surface area (Å²) >= 11 is 1.31. The third kappa shape index (κ3) is 8.26. The Morgan fingerprint density at radius 3 is 2.25 bits per heavy atom. The van der Waals surface area contributed by atoms with E-state index in [1.807, 2.05) is 33.1 Å². The zero-order chi connectivity index (χ0) is 37.3. The van der Waals surface area contributed by atoms with Crippen LogP contribution in [0.1, 0.15) is 109 Å². The molecule has 12 heteroatoms. The Morgan fingerprint density at radius 1 is 1.00 bits per heavy atom. The lowest BCUT2D eigenvalue weighted by Gasteiger charge is -2.42. The van der Waals surface area contributed by atoms with Gasteiger partial charge >= 0.3 is 0 Å². The molecule has 2 heterocycles. The second kappa shape index (κ2) is 15.2. The summed E-state index contributed by atoms with van der Waals surface area (Å²) < 4.78 is 0. The van der Waals surface area contributed by atoms with Crippen molar-refractivity contribution in [1.29, 1.82) is 0 Å². The van der Waals surface area contributed by atoms with E-state index in [4.69, 9.17) is 0 Å². The summed E-state index contributed by atoms with van der Waals surface area (Å²) in [5.74, 6) is -2.87. The highest BCUT2D eigenvalue weighted by Crippen LogP contribution is 2.65. The number of likely N-dealkylation sites (tertiary alicyclic amines) is 1. The van der Waals surface area contributed by atoms with Crippen molar-refractivity contribution in [2.75, 3.05) is 13.1 Å². The van der Waals surface area contributed by atoms with Gasteiger partial charge in [0.2, 0.25) is 23.5 Å². The average Bonchev–Trinajstić information content (AvgIpc) is 3.51. The summed E-state index contributed by atoms with van der Waals surface area (Å²) in [4.78, 5) is 84.8. The predicted molar refractivity (Wildman–Crippen MR) is 197 cm³/mol. The predicted octanol–water partition coefficient (Wildman–Crippen LogP) is 4.38. The fraction of sp³-hybridized carbons (Fsp3) is 0.692. The zero-order valence-electron chi connectivity index (χ0n) is 31.1. The minimum Gasteiger partial charge on any atom is -0.346 e. The summed E-state index contributed by atoms with van der Waals surface area (Å²) in [5.41, 5.74) is -1.43. The smallest absolute Gasteiger partial charge is 0.289 e. The van der Waals surface area contributed by atoms with Gasteiger partial charge in [-0.2, -0.15) is 0 Å². The van der Waals surface area contributed by atoms with Crippen LogP contribution in [0.5, 0.6) is 0 Å². The van der Waals surface area contributed by atoms with Gasteiger partial charge in [0, 0.05) is 13.1 Å². The second-order valence-electron chi connectivity index (χ2n) is 17.3. The van der Waals surface area contributed by atoms with Crippen LogP contribution in [-0.4, -0.2) is 77.5 Å². The number of hydrogen-bond donors (Lipinski definition) is 4. The number of thiophene rings is 1. The highest BCUT2D eigenvalue weighted by molar-refractivity contribution is 7.12. The van der Waals surface area contributed by atoms with Crippen molar-refractivity contribution < 1.29 is 28.8 Å². The van der Waals surface area contributed by atoms with Gasteiger partial charge in [0.15, 0.2) is 0 Å². The molecule has 11 nitrogen and oxygen atoms in total. The van der Waals surface area contributed by atoms with Crippen LogP contribution in [0.25, 0.3) is 0 Å². The summed E-state index contributed by atoms with van der Waals surface area (Å²) in [6.45, 7) is 15.9. The number of fused-ring (bicyclic) bond motifs is 1. The maximum absolute atomic E-state index is 14.7. The number of Topliss-reactive ketones (excluding diaryl/α,β-unsaturated/α-hetero) is 1. The Labute approximate surface area is 306 Å². The first kappa shape index (κ1) is 38.7. The van der Waals surface area contributed by atoms with Gasteiger partial charge in [-0.15, -0.1) is 17.9 Å². The van der Waals surface area contributed by atoms with Crippen LogP contribution in [0.2, 0.25) is 0 Å². The molecule has 51 heavy (non-hydrogen) atoms. The Morgan fingerprint density at radius 2 is 1.69 bits per heavy atom. The molecule has 0 spiro atoms. The van der Waals surface area contributed by atoms with Gasteiger partial charge in [0.05, 0.1) is 10.9 Å². The number of nitrogens with one attached hydrogen (secondary N) is 4. The number of amides is 5. The molecule has 280 valence electrons. The Kier molecular flexibility index (Phi) is 11.5. The van der Waals surface area contributed by atoms with Crippen LogP contribution in [0.4, 0.5) is 0 Å². The van der Waals surface area contributed by atoms with E-state index in [1.165, 1.54) is 17.4 Å². The van der Waals surface area contributed by atoms with Crippen LogP contribution in [0.15, 0.2) is 30.2 Å². The molecule has 0 aromatic carbocycles. The molecule has 5 amide bonds. The molecular weight excluding hydrogens is 667 g/mol. The van der Waals surface area contributed by atoms with Gasteiger partial charge < -0.3 is 26.2 Å². The quantitative estimate of drug-likeness (QED) is 0.165. The molecule has 1 unspecified atom stereocenters. The lowest BCUT2D eigenvalue weighted by Crippen LogP contribution is -2.64. The van der Waals surface area contributed by atoms with Crippen molar-refractivity contribution in [3.8, 4) is 0 Å². The lowest BCUT2D eigenvalue weighted by atomic mass is 9.70. The zero-order valence-corrected chi connectivity index (χ0v) is 32.0. The second-order valence-corrected chi connectivity index (χ2v) is 18.2. The van der Waals surface area contributed by atoms with Crippen molar-refractivity contribution in [1.82, 2.24) is 26.2 Å². The number of nitrogens with zero attached hydrogens (tertiary/aromatic N) is 1. The van der Waals surface area contributed by atoms with E-state index >= 15 is 0 Å². The SMILES string of the molecule is C=CCNC(=O)C(=O)C(CC1CCC1)NC(=O)[C@@H]1[C@@H]2[C@H](CN1C(=O)[C@@H](NC(=O)[C@@H](NC(=O)c1cccs1)C1(C)CCCCC1)C(C)(C)C)C2(C)C. The van der Waals surface area contributed by atoms with Gasteiger partial charge in [-0.05, 0) is 64.7 Å². The largest absolute Gasteiger partial charge is 0.346 e. The molecule has 5 rings (SSSR count). The molecule has 1 aliphatic heterocycles. The van der Waals surface area contributed by atoms with Gasteiger partial charge in [-0.3, -0.25) is 28.8 Å². The molecule has 3 saturated carbocycles. The first-order valence-electron chi connectivity index (χ1n) is 18.7. The van der Waals surface area contributed by atoms with Crippen LogP contribution >= 0.6 is 11.3 Å². The standard InChI is InChI=1S/C39H57N5O6S/c1-8-19-40-34(48)29(45)25(21-23-14-12-15-23)41-33(47)28-27-24(38(27,5)6)22-44(28)36(50)31(37(2,3)4)43-35(49)30(39(7)17-10-9-11-18-39)42-32(46)26-16-13-20-51-26/h8,13,16,20,23-25,27-28,30-31H,1,9-12,14-15,17-19,21-22H2,2-7H3,(H,40,48)(H,41,47)(H,42,46)(H,43,49)/t24-,25?,27-,28-,30+,31+/m0/s1. The van der Waals surface area contributed by atoms with Crippen molar-refractivity contribution >= 4 is 46.7 Å². The van der Waals surface area contributed by atoms with E-state index in [0.717, 1.165) is 51.4 Å². The molecule has 3 aliphatic carbocycles. The number of piperidine rings is 1. The van der Waals surface area contributed by atoms with E-state index in [2.05, 4.69) is 41.7 Å². The maximum atomic E-state index is 14.7. The molecule has 0 radical (unpaired) electrons. The monoisotopic (exact) mass is 723 g/mol. The number of carbonyl (C=O) groups is 6. The highest BCUT2D eigenvalue weighted by Gasteiger charge is 2.70. The fourth-order valence-electron chi connectivity index (χ4n) is 8.63. The van der Waals surface area contributed by atoms with Gasteiger partial charge in [0.25, 0.3) is 11.8 Å². The van der Waals surface area contributed by atoms with Crippen molar-refractivity contribution in [2.45, 2.75) is 123 Å². The summed E-state index contributed by atoms with van der Waals surface area (Å²) in [7, 11) is 0. The molecular formula is C39H57N5O6S. The van der Waals surface area contributed by atoms with E-state index in [9.17, 15) is 28.8 Å². The van der Waals surface area contributed by atoms with Crippen molar-refractivity contribution in [3.63, 3.8) is 0 Å². The minimum absolute atomic E-state index is 0.0733. The summed E-state index contributed by atoms with van der Waals surface area (Å²) in [6, 6.07) is -0.205. The van der Waals surface area contributed by atoms with Gasteiger partial charge in [0.1, 0.15) is 18.1 Å². The first-order chi connectivity index (χ1) is 24.0. The third-order valence-corrected chi connectivity index (χ3v) is 13.1. The van der Waals surface area contributed by atoms with Crippen LogP contribution in [0.3, 0.4) is 0 Å². The van der Waals surface area contributed by atoms with E-state index in [0.29, 0.717) is 17.8 Å². The van der Waals surface area contributed by atoms with Gasteiger partial charge in [-0.25, -0.2) is 0 Å². The number of carbonyl (C=O) groups excluding carboxylic acids is 6. The van der Waals surface area contributed by atoms with E-state index in [-0.39, 0.29) is 41.5 Å². The molecule has 4 N–H and O–H groups in total. The van der Waals surface area contributed by atoms with E-state index in [1.54, 1.807) is 17.0 Å². The maximum Gasteiger partial charge on any atom is 0.289 e. The Balaban J connectivity index is 1.38. The number of rotatable bonds is 14. The average molecular weight is 724 g/mol. The highest BCUT2D eigenvalue weighted by atomic mass is 32.1. The summed E-state index contributed by atoms with van der Waals surface area (Å²) in [6.07, 6.45) is 9.25. The van der Waals surface area contributed by atoms with Crippen molar-refractivity contribution in [3.05, 3.63) is 35.0 Å². The molecule has 4 fully saturated rings. The van der Waals surface area contributed by atoms with Crippen LogP contribution in [0, 0.1) is 34.0 Å². The molecule has 6 atom stereocenters. The molecule has 4 aliphatic rings. The Bertz CT molecular complexity index is 1510. The molecule has 0 bridgehead atoms. The molecule has 1 aromatic heterocycles. The number of hydrogen-bond acceptors (Lipinski definition) is 7. The van der Waals surface area contributed by atoms with Crippen LogP contribution < -0.4 is 21.3 Å². The minimum atomic E-state index is -1.01. The van der Waals surface area contributed by atoms with Crippen LogP contribution in [-0.2, 0) is 24.0 Å². The lowest BCUT2D eigenvalue weighted by molar-refractivity contribution is -0.147. The topological polar surface area (TPSA) is 154 Å². The first-order valence-corrected chi connectivity index (χ1v) is 19.6. The normalized spacial score (nSPS) is 25.2.